The van der Waals surface area contributed by atoms with Crippen LogP contribution in [0.1, 0.15) is 23.0 Å². The smallest absolute Gasteiger partial charge is 0.327 e. The molecule has 0 spiro atoms. The van der Waals surface area contributed by atoms with E-state index in [2.05, 4.69) is 30.9 Å². The van der Waals surface area contributed by atoms with E-state index in [4.69, 9.17) is 12.7 Å². The summed E-state index contributed by atoms with van der Waals surface area (Å²) >= 11 is 0. The molecule has 1 unspecified atom stereocenters. The van der Waals surface area contributed by atoms with Gasteiger partial charge in [-0.1, -0.05) is 6.92 Å². The van der Waals surface area contributed by atoms with Gasteiger partial charge in [-0.05, 0) is 13.5 Å². The number of rotatable bonds is 8. The quantitative estimate of drug-likeness (QED) is 0.264. The lowest BCUT2D eigenvalue weighted by Crippen LogP contribution is -2.38. The molecule has 0 saturated heterocycles. The summed E-state index contributed by atoms with van der Waals surface area (Å²) in [4.78, 5) is 18.7. The first-order valence-corrected chi connectivity index (χ1v) is 12.9. The summed E-state index contributed by atoms with van der Waals surface area (Å²) in [6.07, 6.45) is 2.36. The highest BCUT2D eigenvalue weighted by atomic mass is 32.2. The van der Waals surface area contributed by atoms with Gasteiger partial charge in [0.1, 0.15) is 6.54 Å². The van der Waals surface area contributed by atoms with Crippen LogP contribution in [0.2, 0.25) is 0 Å². The van der Waals surface area contributed by atoms with Crippen molar-refractivity contribution in [2.45, 2.75) is 20.3 Å². The van der Waals surface area contributed by atoms with E-state index in [1.165, 1.54) is 12.7 Å². The maximum Gasteiger partial charge on any atom is 0.327 e. The highest BCUT2D eigenvalue weighted by molar-refractivity contribution is 7.90. The summed E-state index contributed by atoms with van der Waals surface area (Å²) in [6.45, 7) is 5.58. The van der Waals surface area contributed by atoms with E-state index < -0.39 is 24.2 Å². The van der Waals surface area contributed by atoms with Gasteiger partial charge >= 0.3 is 7.60 Å². The van der Waals surface area contributed by atoms with Crippen LogP contribution in [0.3, 0.4) is 0 Å². The number of hydrogen-bond acceptors (Lipinski definition) is 7. The monoisotopic (exact) mass is 469 g/mol. The third kappa shape index (κ3) is 65.6. The number of carbonyl (C=O) groups is 1. The molecule has 10 nitrogen and oxygen atoms in total. The van der Waals surface area contributed by atoms with Crippen molar-refractivity contribution in [1.82, 2.24) is 5.32 Å². The summed E-state index contributed by atoms with van der Waals surface area (Å²) < 4.78 is 49.6. The number of hydrogen-bond donors (Lipinski definition) is 3. The Balaban J connectivity index is -0.000000158. The van der Waals surface area contributed by atoms with E-state index in [1.807, 2.05) is 14.1 Å². The van der Waals surface area contributed by atoms with E-state index in [-0.39, 0.29) is 18.7 Å². The second-order valence-corrected chi connectivity index (χ2v) is 11.9. The first-order chi connectivity index (χ1) is 13.7. The maximum atomic E-state index is 10.5. The minimum absolute atomic E-state index is 0.0625. The fourth-order valence-corrected chi connectivity index (χ4v) is 2.32. The fourth-order valence-electron chi connectivity index (χ4n) is 1.58. The van der Waals surface area contributed by atoms with Crippen molar-refractivity contribution >= 4 is 23.2 Å². The third-order valence-electron chi connectivity index (χ3n) is 2.18. The van der Waals surface area contributed by atoms with Crippen molar-refractivity contribution in [3.8, 4) is 0 Å². The van der Waals surface area contributed by atoms with Gasteiger partial charge in [0.05, 0.1) is 57.4 Å². The molecule has 180 valence electrons. The topological polar surface area (TPSA) is 130 Å². The predicted molar refractivity (Wildman–Crippen MR) is 119 cm³/mol. The summed E-state index contributed by atoms with van der Waals surface area (Å²) in [5, 5.41) is 10.4. The molecule has 0 rings (SSSR count). The second-order valence-electron chi connectivity index (χ2n) is 7.94. The molecule has 0 radical (unpaired) electrons. The Morgan fingerprint density at radius 1 is 1.21 bits per heavy atom. The first kappa shape index (κ1) is 30.8. The number of ketones is 1. The van der Waals surface area contributed by atoms with Crippen molar-refractivity contribution in [2.24, 2.45) is 0 Å². The summed E-state index contributed by atoms with van der Waals surface area (Å²) in [5.41, 5.74) is 0. The Hall–Kier alpha value is -0.390. The summed E-state index contributed by atoms with van der Waals surface area (Å²) in [7, 11) is 4.05. The van der Waals surface area contributed by atoms with Gasteiger partial charge in [-0.25, -0.2) is 8.42 Å². The lowest BCUT2D eigenvalue weighted by Gasteiger charge is -2.22. The van der Waals surface area contributed by atoms with Gasteiger partial charge in [0.15, 0.2) is 22.4 Å². The summed E-state index contributed by atoms with van der Waals surface area (Å²) in [6, 6.07) is 0. The van der Waals surface area contributed by atoms with E-state index in [0.717, 1.165) is 17.7 Å². The molecule has 0 fully saturated rings. The molecule has 0 aromatic rings. The van der Waals surface area contributed by atoms with Crippen LogP contribution in [0, 0.1) is 0 Å². The summed E-state index contributed by atoms with van der Waals surface area (Å²) in [5.74, 6) is 0.208. The Labute approximate surface area is 181 Å². The minimum atomic E-state index is -3.42. The first-order valence-electron chi connectivity index (χ1n) is 10.2. The van der Waals surface area contributed by atoms with Crippen molar-refractivity contribution in [3.63, 3.8) is 0 Å². The fraction of sp³-hybridized carbons (Fsp3) is 0.941. The van der Waals surface area contributed by atoms with Crippen LogP contribution in [-0.4, -0.2) is 121 Å². The van der Waals surface area contributed by atoms with E-state index in [0.29, 0.717) is 18.1 Å². The predicted octanol–water partition coefficient (Wildman–Crippen LogP) is 0.360. The zero-order valence-corrected chi connectivity index (χ0v) is 21.3. The van der Waals surface area contributed by atoms with E-state index in [9.17, 15) is 17.8 Å². The molecule has 0 aromatic heterocycles. The number of likely N-dealkylation sites (N-methyl/N-ethyl adjacent to an activating group) is 1. The van der Waals surface area contributed by atoms with Gasteiger partial charge in [0.2, 0.25) is 0 Å². The lowest BCUT2D eigenvalue weighted by molar-refractivity contribution is -0.870. The second kappa shape index (κ2) is 17.3. The van der Waals surface area contributed by atoms with Crippen molar-refractivity contribution in [2.75, 3.05) is 88.0 Å². The largest absolute Gasteiger partial charge is 0.370 e. The Morgan fingerprint density at radius 2 is 1.66 bits per heavy atom. The molecule has 12 heteroatoms. The Kier molecular flexibility index (Phi) is 18.4. The van der Waals surface area contributed by atoms with Crippen LogP contribution in [0.5, 0.6) is 0 Å². The highest BCUT2D eigenvalue weighted by Crippen LogP contribution is 2.35. The number of quaternary nitrogens is 2. The number of nitrogens with one attached hydrogen (secondary N) is 1. The molecule has 3 N–H and O–H groups in total. The van der Waals surface area contributed by atoms with E-state index >= 15 is 0 Å². The number of Topliss-reactive ketones (excluding diaryl/α,β-unsaturated/α-hetero) is 1. The van der Waals surface area contributed by atoms with Crippen LogP contribution in [0.4, 0.5) is 0 Å². The molecule has 29 heavy (non-hydrogen) atoms. The molecule has 0 aliphatic heterocycles. The average molecular weight is 470 g/mol. The van der Waals surface area contributed by atoms with Gasteiger partial charge in [-0.3, -0.25) is 13.9 Å². The van der Waals surface area contributed by atoms with Crippen LogP contribution in [0.25, 0.3) is 0 Å². The van der Waals surface area contributed by atoms with Crippen molar-refractivity contribution in [3.05, 3.63) is 0 Å². The molecular weight excluding hydrogens is 421 g/mol. The van der Waals surface area contributed by atoms with Crippen LogP contribution in [0.15, 0.2) is 0 Å². The lowest BCUT2D eigenvalue weighted by atomic mass is 10.4. The molecule has 0 aliphatic carbocycles. The number of aliphatic hydroxyl groups excluding tert-OH is 1. The molecule has 1 atom stereocenters. The zero-order valence-electron chi connectivity index (χ0n) is 21.6. The van der Waals surface area contributed by atoms with Gasteiger partial charge < -0.3 is 24.3 Å². The maximum absolute atomic E-state index is 10.5. The van der Waals surface area contributed by atoms with Gasteiger partial charge in [-0.2, -0.15) is 0 Å². The number of nitrogens with zero attached hydrogens (tertiary/aromatic N) is 2. The molecule has 0 saturated carbocycles. The van der Waals surface area contributed by atoms with Gasteiger partial charge in [0.25, 0.3) is 0 Å². The average Bonchev–Trinajstić information content (AvgIpc) is 2.53. The number of carbonyl (C=O) groups excluding carboxylic acids is 1. The molecule has 0 bridgehead atoms. The Bertz CT molecular complexity index is 601. The molecule has 0 aliphatic rings. The van der Waals surface area contributed by atoms with Crippen molar-refractivity contribution < 1.29 is 44.0 Å². The Morgan fingerprint density at radius 3 is 1.72 bits per heavy atom. The normalized spacial score (nSPS) is 14.3. The SMILES string of the molecule is CNCS(C)(=O)=O.CP(=O)(O)OCO.[2H]C[N+](C)(C)CC(C)=O.[2H]C[N+](C)(C)CCC. The highest BCUT2D eigenvalue weighted by Gasteiger charge is 2.08. The third-order valence-corrected chi connectivity index (χ3v) is 3.59. The van der Waals surface area contributed by atoms with Crippen LogP contribution in [-0.2, 0) is 23.7 Å². The number of aliphatic hydroxyl groups is 1. The molecule has 0 amide bonds. The van der Waals surface area contributed by atoms with E-state index in [1.54, 1.807) is 14.0 Å². The zero-order chi connectivity index (χ0) is 25.9. The number of sulfone groups is 1. The van der Waals surface area contributed by atoms with Crippen LogP contribution < -0.4 is 5.32 Å². The van der Waals surface area contributed by atoms with Crippen molar-refractivity contribution in [1.29, 1.82) is 0 Å². The molecule has 0 aromatic carbocycles. The van der Waals surface area contributed by atoms with Crippen LogP contribution >= 0.6 is 7.60 Å². The molecular formula is C17H46N3O7PS+2. The molecule has 0 heterocycles. The standard InChI is InChI=1S/C6H14NO.C6H16N.C3H9NO2S.C2H7O4P/c1-6(8)5-7(2,3)4;1-5-6-7(2,3)4;1-4-3-7(2,5)6;1-7(4,5)6-2-3/h5H2,1-4H3;5-6H2,1-4H3;4H,3H2,1-2H3;3H,2H2,1H3,(H,4,5)/q2*+1;;/i2*2D;;. The minimum Gasteiger partial charge on any atom is -0.370 e. The van der Waals surface area contributed by atoms with Gasteiger partial charge in [0, 0.05) is 19.8 Å². The van der Waals surface area contributed by atoms with Gasteiger partial charge in [-0.15, -0.1) is 0 Å².